The Balaban J connectivity index is 2.55. The normalized spacial score (nSPS) is 14.8. The Morgan fingerprint density at radius 2 is 2.29 bits per heavy atom. The third-order valence-corrected chi connectivity index (χ3v) is 3.24. The summed E-state index contributed by atoms with van der Waals surface area (Å²) >= 11 is 7.29. The van der Waals surface area contributed by atoms with Gasteiger partial charge in [-0.25, -0.2) is 0 Å². The number of amidine groups is 1. The Kier molecular flexibility index (Phi) is 2.56. The number of fused-ring (bicyclic) bond motifs is 1. The standard InChI is InChI=1S/C9H9ClN2OS/c1-12-8-6(13-2)4-3-5-7(8)14-11-9(12)10/h3-5H,1-2H3. The highest BCUT2D eigenvalue weighted by Crippen LogP contribution is 2.41. The van der Waals surface area contributed by atoms with Crippen molar-refractivity contribution >= 4 is 34.5 Å². The van der Waals surface area contributed by atoms with Crippen LogP contribution in [0.1, 0.15) is 0 Å². The number of para-hydroxylation sites is 1. The van der Waals surface area contributed by atoms with Crippen molar-refractivity contribution in [1.29, 1.82) is 0 Å². The van der Waals surface area contributed by atoms with E-state index in [1.54, 1.807) is 7.11 Å². The Morgan fingerprint density at radius 3 is 3.00 bits per heavy atom. The molecule has 0 saturated heterocycles. The summed E-state index contributed by atoms with van der Waals surface area (Å²) in [6.45, 7) is 0. The van der Waals surface area contributed by atoms with Crippen LogP contribution in [0, 0.1) is 0 Å². The second-order valence-electron chi connectivity index (χ2n) is 2.82. The van der Waals surface area contributed by atoms with Crippen LogP contribution in [0.3, 0.4) is 0 Å². The number of nitrogens with zero attached hydrogens (tertiary/aromatic N) is 2. The van der Waals surface area contributed by atoms with Gasteiger partial charge in [-0.3, -0.25) is 0 Å². The van der Waals surface area contributed by atoms with Crippen molar-refractivity contribution in [3.63, 3.8) is 0 Å². The number of rotatable bonds is 1. The third-order valence-electron chi connectivity index (χ3n) is 2.01. The summed E-state index contributed by atoms with van der Waals surface area (Å²) in [5.41, 5.74) is 0.972. The zero-order valence-corrected chi connectivity index (χ0v) is 9.39. The van der Waals surface area contributed by atoms with Crippen molar-refractivity contribution in [2.45, 2.75) is 4.90 Å². The van der Waals surface area contributed by atoms with Crippen molar-refractivity contribution in [2.75, 3.05) is 19.1 Å². The largest absolute Gasteiger partial charge is 0.495 e. The summed E-state index contributed by atoms with van der Waals surface area (Å²) in [6.07, 6.45) is 0. The molecule has 74 valence electrons. The van der Waals surface area contributed by atoms with Gasteiger partial charge < -0.3 is 9.64 Å². The lowest BCUT2D eigenvalue weighted by molar-refractivity contribution is 0.415. The van der Waals surface area contributed by atoms with E-state index in [9.17, 15) is 0 Å². The van der Waals surface area contributed by atoms with Gasteiger partial charge in [-0.1, -0.05) is 6.07 Å². The Bertz CT molecular complexity index is 394. The first-order valence-corrected chi connectivity index (χ1v) is 5.20. The van der Waals surface area contributed by atoms with E-state index < -0.39 is 0 Å². The fraction of sp³-hybridized carbons (Fsp3) is 0.222. The molecule has 0 unspecified atom stereocenters. The van der Waals surface area contributed by atoms with E-state index in [1.807, 2.05) is 30.1 Å². The maximum absolute atomic E-state index is 5.92. The molecule has 0 fully saturated rings. The molecule has 0 saturated carbocycles. The van der Waals surface area contributed by atoms with E-state index in [2.05, 4.69) is 4.40 Å². The number of benzene rings is 1. The lowest BCUT2D eigenvalue weighted by Gasteiger charge is -2.25. The highest BCUT2D eigenvalue weighted by atomic mass is 35.5. The van der Waals surface area contributed by atoms with Crippen molar-refractivity contribution in [3.8, 4) is 5.75 Å². The average molecular weight is 229 g/mol. The van der Waals surface area contributed by atoms with Gasteiger partial charge in [0.25, 0.3) is 0 Å². The van der Waals surface area contributed by atoms with E-state index in [0.29, 0.717) is 5.29 Å². The summed E-state index contributed by atoms with van der Waals surface area (Å²) in [5, 5.41) is 0.465. The molecule has 5 heteroatoms. The summed E-state index contributed by atoms with van der Waals surface area (Å²) in [7, 11) is 3.51. The monoisotopic (exact) mass is 228 g/mol. The van der Waals surface area contributed by atoms with Crippen molar-refractivity contribution in [1.82, 2.24) is 0 Å². The molecule has 0 bridgehead atoms. The SMILES string of the molecule is COc1cccc2c1N(C)C(Cl)=NS2. The van der Waals surface area contributed by atoms with Gasteiger partial charge >= 0.3 is 0 Å². The van der Waals surface area contributed by atoms with E-state index in [1.165, 1.54) is 11.9 Å². The highest BCUT2D eigenvalue weighted by molar-refractivity contribution is 7.98. The minimum atomic E-state index is 0.465. The molecule has 0 atom stereocenters. The van der Waals surface area contributed by atoms with E-state index in [-0.39, 0.29) is 0 Å². The Labute approximate surface area is 91.9 Å². The van der Waals surface area contributed by atoms with Gasteiger partial charge in [0.2, 0.25) is 5.29 Å². The number of anilines is 1. The number of halogens is 1. The first kappa shape index (κ1) is 9.68. The molecule has 0 aromatic heterocycles. The lowest BCUT2D eigenvalue weighted by atomic mass is 10.3. The number of hydrogen-bond acceptors (Lipinski definition) is 4. The van der Waals surface area contributed by atoms with Gasteiger partial charge in [-0.05, 0) is 23.7 Å². The highest BCUT2D eigenvalue weighted by Gasteiger charge is 2.20. The maximum Gasteiger partial charge on any atom is 0.210 e. The molecule has 0 amide bonds. The zero-order chi connectivity index (χ0) is 10.1. The summed E-state index contributed by atoms with van der Waals surface area (Å²) in [6, 6.07) is 5.84. The maximum atomic E-state index is 5.92. The molecule has 14 heavy (non-hydrogen) atoms. The molecule has 0 spiro atoms. The second-order valence-corrected chi connectivity index (χ2v) is 3.96. The van der Waals surface area contributed by atoms with Crippen LogP contribution in [0.5, 0.6) is 5.75 Å². The Morgan fingerprint density at radius 1 is 1.50 bits per heavy atom. The molecule has 1 heterocycles. The van der Waals surface area contributed by atoms with E-state index in [4.69, 9.17) is 16.3 Å². The van der Waals surface area contributed by atoms with E-state index >= 15 is 0 Å². The first-order chi connectivity index (χ1) is 6.74. The van der Waals surface area contributed by atoms with E-state index in [0.717, 1.165) is 16.3 Å². The third kappa shape index (κ3) is 1.44. The van der Waals surface area contributed by atoms with Gasteiger partial charge in [0.15, 0.2) is 0 Å². The fourth-order valence-electron chi connectivity index (χ4n) is 1.31. The predicted octanol–water partition coefficient (Wildman–Crippen LogP) is 2.75. The summed E-state index contributed by atoms with van der Waals surface area (Å²) in [4.78, 5) is 2.86. The number of methoxy groups -OCH3 is 1. The molecule has 1 aliphatic rings. The van der Waals surface area contributed by atoms with Crippen molar-refractivity contribution in [3.05, 3.63) is 18.2 Å². The summed E-state index contributed by atoms with van der Waals surface area (Å²) in [5.74, 6) is 0.811. The average Bonchev–Trinajstić information content (AvgIpc) is 2.23. The topological polar surface area (TPSA) is 24.8 Å². The minimum Gasteiger partial charge on any atom is -0.495 e. The van der Waals surface area contributed by atoms with Crippen molar-refractivity contribution < 1.29 is 4.74 Å². The van der Waals surface area contributed by atoms with Crippen LogP contribution in [0.2, 0.25) is 0 Å². The smallest absolute Gasteiger partial charge is 0.210 e. The van der Waals surface area contributed by atoms with Crippen LogP contribution < -0.4 is 9.64 Å². The van der Waals surface area contributed by atoms with Crippen molar-refractivity contribution in [2.24, 2.45) is 4.40 Å². The number of hydrogen-bond donors (Lipinski definition) is 0. The molecular weight excluding hydrogens is 220 g/mol. The molecule has 2 rings (SSSR count). The lowest BCUT2D eigenvalue weighted by Crippen LogP contribution is -2.24. The molecule has 1 aromatic rings. The van der Waals surface area contributed by atoms with Gasteiger partial charge in [0, 0.05) is 19.0 Å². The first-order valence-electron chi connectivity index (χ1n) is 4.05. The minimum absolute atomic E-state index is 0.465. The van der Waals surface area contributed by atoms with Crippen LogP contribution in [-0.2, 0) is 0 Å². The quantitative estimate of drug-likeness (QED) is 0.546. The Hall–Kier alpha value is -0.870. The van der Waals surface area contributed by atoms with Crippen LogP contribution in [-0.4, -0.2) is 19.5 Å². The number of ether oxygens (including phenoxy) is 1. The van der Waals surface area contributed by atoms with Gasteiger partial charge in [0.1, 0.15) is 11.4 Å². The molecule has 1 aromatic carbocycles. The van der Waals surface area contributed by atoms with Crippen LogP contribution in [0.4, 0.5) is 5.69 Å². The van der Waals surface area contributed by atoms with Crippen LogP contribution in [0.15, 0.2) is 27.5 Å². The summed E-state index contributed by atoms with van der Waals surface area (Å²) < 4.78 is 9.36. The molecule has 0 N–H and O–H groups in total. The van der Waals surface area contributed by atoms with Crippen LogP contribution in [0.25, 0.3) is 0 Å². The molecule has 0 radical (unpaired) electrons. The van der Waals surface area contributed by atoms with Gasteiger partial charge in [-0.2, -0.15) is 4.40 Å². The molecule has 3 nitrogen and oxygen atoms in total. The second kappa shape index (κ2) is 3.71. The molecule has 1 aliphatic heterocycles. The fourth-order valence-corrected chi connectivity index (χ4v) is 2.26. The molecular formula is C9H9ClN2OS. The molecule has 0 aliphatic carbocycles. The predicted molar refractivity (Wildman–Crippen MR) is 60.5 cm³/mol. The zero-order valence-electron chi connectivity index (χ0n) is 7.82. The van der Waals surface area contributed by atoms with Gasteiger partial charge in [0.05, 0.1) is 12.0 Å². The van der Waals surface area contributed by atoms with Gasteiger partial charge in [-0.15, -0.1) is 0 Å². The van der Waals surface area contributed by atoms with Crippen LogP contribution >= 0.6 is 23.5 Å².